The van der Waals surface area contributed by atoms with Gasteiger partial charge in [0.2, 0.25) is 10.0 Å². The summed E-state index contributed by atoms with van der Waals surface area (Å²) >= 11 is 3.41. The Morgan fingerprint density at radius 2 is 1.62 bits per heavy atom. The third-order valence-electron chi connectivity index (χ3n) is 5.68. The van der Waals surface area contributed by atoms with Gasteiger partial charge in [-0.3, -0.25) is 4.68 Å². The predicted octanol–water partition coefficient (Wildman–Crippen LogP) is 4.12. The average molecular weight is 558 g/mol. The number of hydrogen-bond donors (Lipinski definition) is 0. The van der Waals surface area contributed by atoms with Gasteiger partial charge in [-0.2, -0.15) is 17.5 Å². The lowest BCUT2D eigenvalue weighted by molar-refractivity contribution is -0.139. The number of sulfonamides is 1. The summed E-state index contributed by atoms with van der Waals surface area (Å²) in [6, 6.07) is 12.1. The van der Waals surface area contributed by atoms with Crippen LogP contribution in [-0.2, 0) is 22.7 Å². The van der Waals surface area contributed by atoms with Crippen LogP contribution in [0.4, 0.5) is 13.2 Å². The molecule has 4 rings (SSSR count). The highest BCUT2D eigenvalue weighted by Gasteiger charge is 2.39. The highest BCUT2D eigenvalue weighted by Crippen LogP contribution is 2.35. The van der Waals surface area contributed by atoms with E-state index < -0.39 is 26.7 Å². The second-order valence-corrected chi connectivity index (χ2v) is 10.8. The molecule has 0 saturated carbocycles. The minimum absolute atomic E-state index is 0.144. The van der Waals surface area contributed by atoms with Gasteiger partial charge in [0.1, 0.15) is 5.69 Å². The van der Waals surface area contributed by atoms with E-state index in [4.69, 9.17) is 0 Å². The molecular formula is C22H23BrF3N5O2S. The van der Waals surface area contributed by atoms with Gasteiger partial charge >= 0.3 is 6.18 Å². The highest BCUT2D eigenvalue weighted by molar-refractivity contribution is 9.10. The van der Waals surface area contributed by atoms with Crippen molar-refractivity contribution in [3.05, 3.63) is 64.8 Å². The number of alkyl halides is 3. The first kappa shape index (κ1) is 24.8. The molecule has 1 aliphatic rings. The number of halogens is 4. The quantitative estimate of drug-likeness (QED) is 0.437. The van der Waals surface area contributed by atoms with Gasteiger partial charge in [-0.15, -0.1) is 5.10 Å². The van der Waals surface area contributed by atoms with Crippen molar-refractivity contribution in [2.75, 3.05) is 32.7 Å². The fourth-order valence-electron chi connectivity index (χ4n) is 3.88. The summed E-state index contributed by atoms with van der Waals surface area (Å²) in [4.78, 5) is 1.41. The van der Waals surface area contributed by atoms with Crippen LogP contribution in [0.2, 0.25) is 0 Å². The fraction of sp³-hybridized carbons (Fsp3) is 0.364. The van der Waals surface area contributed by atoms with Crippen LogP contribution in [0, 0.1) is 0 Å². The molecule has 1 aliphatic heterocycles. The molecule has 0 aliphatic carbocycles. The first-order valence-electron chi connectivity index (χ1n) is 10.7. The number of aryl methyl sites for hydroxylation is 1. The number of piperazine rings is 1. The molecule has 0 N–H and O–H groups in total. The molecular weight excluding hydrogens is 535 g/mol. The maximum atomic E-state index is 13.3. The van der Waals surface area contributed by atoms with Crippen molar-refractivity contribution in [1.29, 1.82) is 0 Å². The lowest BCUT2D eigenvalue weighted by atomic mass is 10.2. The van der Waals surface area contributed by atoms with Crippen LogP contribution < -0.4 is 0 Å². The van der Waals surface area contributed by atoms with Crippen LogP contribution in [0.1, 0.15) is 12.0 Å². The second-order valence-electron chi connectivity index (χ2n) is 7.97. The van der Waals surface area contributed by atoms with Gasteiger partial charge in [-0.25, -0.2) is 8.42 Å². The third kappa shape index (κ3) is 5.68. The zero-order chi connectivity index (χ0) is 24.3. The molecule has 0 atom stereocenters. The Balaban J connectivity index is 1.29. The predicted molar refractivity (Wildman–Crippen MR) is 124 cm³/mol. The number of nitrogens with zero attached hydrogens (tertiary/aromatic N) is 5. The van der Waals surface area contributed by atoms with Gasteiger partial charge in [-0.1, -0.05) is 45.4 Å². The Labute approximate surface area is 204 Å². The van der Waals surface area contributed by atoms with E-state index in [2.05, 4.69) is 31.1 Å². The van der Waals surface area contributed by atoms with E-state index in [0.29, 0.717) is 19.6 Å². The molecule has 3 aromatic rings. The van der Waals surface area contributed by atoms with Crippen LogP contribution >= 0.6 is 15.9 Å². The van der Waals surface area contributed by atoms with E-state index in [0.717, 1.165) is 45.1 Å². The maximum Gasteiger partial charge on any atom is 0.417 e. The molecule has 182 valence electrons. The standard InChI is InChI=1S/C22H23BrF3N5O2S/c23-18-8-6-17(7-9-18)20-16-30(28-27-20)11-3-10-29-12-14-31(15-13-29)34(32,33)21-5-2-1-4-19(21)22(24,25)26/h1-2,4-9,16H,3,10-15H2. The van der Waals surface area contributed by atoms with Crippen molar-refractivity contribution in [2.45, 2.75) is 24.0 Å². The molecule has 0 bridgehead atoms. The Hall–Kier alpha value is -2.28. The fourth-order valence-corrected chi connectivity index (χ4v) is 5.77. The van der Waals surface area contributed by atoms with Gasteiger partial charge in [0.25, 0.3) is 0 Å². The van der Waals surface area contributed by atoms with Gasteiger partial charge in [0.05, 0.1) is 16.7 Å². The summed E-state index contributed by atoms with van der Waals surface area (Å²) < 4.78 is 69.6. The first-order valence-corrected chi connectivity index (χ1v) is 12.9. The third-order valence-corrected chi connectivity index (χ3v) is 8.17. The van der Waals surface area contributed by atoms with Crippen LogP contribution in [0.5, 0.6) is 0 Å². The molecule has 2 heterocycles. The monoisotopic (exact) mass is 557 g/mol. The van der Waals surface area contributed by atoms with Crippen molar-refractivity contribution in [2.24, 2.45) is 0 Å². The minimum atomic E-state index is -4.73. The molecule has 7 nitrogen and oxygen atoms in total. The Kier molecular flexibility index (Phi) is 7.41. The summed E-state index contributed by atoms with van der Waals surface area (Å²) in [5, 5.41) is 8.36. The highest BCUT2D eigenvalue weighted by atomic mass is 79.9. The van der Waals surface area contributed by atoms with Crippen LogP contribution in [0.15, 0.2) is 64.1 Å². The van der Waals surface area contributed by atoms with Crippen molar-refractivity contribution < 1.29 is 21.6 Å². The molecule has 1 fully saturated rings. The summed E-state index contributed by atoms with van der Waals surface area (Å²) in [5.41, 5.74) is 0.622. The Bertz CT molecular complexity index is 1220. The lowest BCUT2D eigenvalue weighted by Gasteiger charge is -2.34. The molecule has 2 aromatic carbocycles. The average Bonchev–Trinajstić information content (AvgIpc) is 3.28. The topological polar surface area (TPSA) is 71.3 Å². The molecule has 1 saturated heterocycles. The van der Waals surface area contributed by atoms with E-state index in [1.54, 1.807) is 4.68 Å². The van der Waals surface area contributed by atoms with E-state index in [1.165, 1.54) is 12.1 Å². The normalized spacial score (nSPS) is 16.1. The van der Waals surface area contributed by atoms with Gasteiger partial charge < -0.3 is 4.90 Å². The largest absolute Gasteiger partial charge is 0.417 e. The van der Waals surface area contributed by atoms with Crippen molar-refractivity contribution in [1.82, 2.24) is 24.2 Å². The van der Waals surface area contributed by atoms with Gasteiger partial charge in [0.15, 0.2) is 0 Å². The zero-order valence-corrected chi connectivity index (χ0v) is 20.5. The van der Waals surface area contributed by atoms with Crippen LogP contribution in [0.25, 0.3) is 11.3 Å². The minimum Gasteiger partial charge on any atom is -0.301 e. The molecule has 1 aromatic heterocycles. The summed E-state index contributed by atoms with van der Waals surface area (Å²) in [5.74, 6) is 0. The Morgan fingerprint density at radius 3 is 2.29 bits per heavy atom. The first-order chi connectivity index (χ1) is 16.1. The lowest BCUT2D eigenvalue weighted by Crippen LogP contribution is -2.49. The van der Waals surface area contributed by atoms with E-state index in [9.17, 15) is 21.6 Å². The van der Waals surface area contributed by atoms with Gasteiger partial charge in [0, 0.05) is 49.3 Å². The second kappa shape index (κ2) is 10.1. The van der Waals surface area contributed by atoms with Crippen molar-refractivity contribution >= 4 is 26.0 Å². The van der Waals surface area contributed by atoms with Crippen molar-refractivity contribution in [3.63, 3.8) is 0 Å². The summed E-state index contributed by atoms with van der Waals surface area (Å²) in [6.45, 7) is 2.57. The van der Waals surface area contributed by atoms with Crippen molar-refractivity contribution in [3.8, 4) is 11.3 Å². The number of hydrogen-bond acceptors (Lipinski definition) is 5. The number of rotatable bonds is 7. The molecule has 12 heteroatoms. The number of benzene rings is 2. The van der Waals surface area contributed by atoms with E-state index >= 15 is 0 Å². The molecule has 0 amide bonds. The molecule has 0 unspecified atom stereocenters. The molecule has 34 heavy (non-hydrogen) atoms. The maximum absolute atomic E-state index is 13.3. The van der Waals surface area contributed by atoms with E-state index in [-0.39, 0.29) is 13.1 Å². The van der Waals surface area contributed by atoms with E-state index in [1.807, 2.05) is 30.5 Å². The van der Waals surface area contributed by atoms with Crippen LogP contribution in [0.3, 0.4) is 0 Å². The van der Waals surface area contributed by atoms with Gasteiger partial charge in [-0.05, 0) is 30.7 Å². The SMILES string of the molecule is O=S(=O)(c1ccccc1C(F)(F)F)N1CCN(CCCn2cc(-c3ccc(Br)cc3)nn2)CC1. The van der Waals surface area contributed by atoms with Crippen LogP contribution in [-0.4, -0.2) is 65.3 Å². The summed E-state index contributed by atoms with van der Waals surface area (Å²) in [6.07, 6.45) is -2.07. The zero-order valence-electron chi connectivity index (χ0n) is 18.1. The smallest absolute Gasteiger partial charge is 0.301 e. The molecule has 0 spiro atoms. The summed E-state index contributed by atoms with van der Waals surface area (Å²) in [7, 11) is -4.23. The number of aromatic nitrogens is 3. The molecule has 0 radical (unpaired) electrons. The Morgan fingerprint density at radius 1 is 0.941 bits per heavy atom.